The van der Waals surface area contributed by atoms with Crippen LogP contribution in [-0.4, -0.2) is 17.4 Å². The molecule has 0 unspecified atom stereocenters. The molecule has 0 fully saturated rings. The number of hydrogen-bond donors (Lipinski definition) is 2. The zero-order valence-electron chi connectivity index (χ0n) is 14.7. The van der Waals surface area contributed by atoms with Gasteiger partial charge in [0.2, 0.25) is 0 Å². The summed E-state index contributed by atoms with van der Waals surface area (Å²) in [4.78, 5) is 16.4. The van der Waals surface area contributed by atoms with Gasteiger partial charge in [-0.1, -0.05) is 17.7 Å². The van der Waals surface area contributed by atoms with Crippen LogP contribution in [0, 0.1) is 11.3 Å². The van der Waals surface area contributed by atoms with E-state index in [9.17, 15) is 4.79 Å². The highest BCUT2D eigenvalue weighted by molar-refractivity contribution is 5.92. The van der Waals surface area contributed by atoms with Gasteiger partial charge in [0, 0.05) is 12.2 Å². The number of aromatic nitrogens is 1. The highest BCUT2D eigenvalue weighted by Crippen LogP contribution is 2.19. The first-order chi connectivity index (χ1) is 12.7. The van der Waals surface area contributed by atoms with Crippen LogP contribution in [0.2, 0.25) is 0 Å². The fourth-order valence-electron chi connectivity index (χ4n) is 2.99. The maximum atomic E-state index is 12.2. The summed E-state index contributed by atoms with van der Waals surface area (Å²) in [5.41, 5.74) is 4.02. The number of benzene rings is 1. The third kappa shape index (κ3) is 4.93. The molecule has 2 aromatic rings. The number of carbonyl (C=O) groups excluding carboxylic acids is 1. The lowest BCUT2D eigenvalue weighted by Crippen LogP contribution is -2.25. The molecule has 132 valence electrons. The second-order valence-corrected chi connectivity index (χ2v) is 6.36. The number of nitrogens with one attached hydrogen (secondary N) is 2. The molecule has 0 bridgehead atoms. The molecule has 1 aromatic heterocycles. The van der Waals surface area contributed by atoms with Gasteiger partial charge in [0.05, 0.1) is 23.5 Å². The summed E-state index contributed by atoms with van der Waals surface area (Å²) in [5, 5.41) is 15.1. The summed E-state index contributed by atoms with van der Waals surface area (Å²) in [5.74, 6) is -0.153. The van der Waals surface area contributed by atoms with E-state index in [1.165, 1.54) is 18.4 Å². The molecule has 0 atom stereocenters. The van der Waals surface area contributed by atoms with E-state index >= 15 is 0 Å². The second kappa shape index (κ2) is 8.82. The number of hydrogen-bond acceptors (Lipinski definition) is 4. The smallest absolute Gasteiger partial charge is 0.269 e. The third-order valence-electron chi connectivity index (χ3n) is 4.39. The van der Waals surface area contributed by atoms with E-state index in [1.54, 1.807) is 24.4 Å². The largest absolute Gasteiger partial charge is 0.354 e. The zero-order chi connectivity index (χ0) is 18.2. The van der Waals surface area contributed by atoms with Gasteiger partial charge in [0.25, 0.3) is 5.91 Å². The lowest BCUT2D eigenvalue weighted by atomic mass is 9.97. The Morgan fingerprint density at radius 1 is 1.19 bits per heavy atom. The van der Waals surface area contributed by atoms with Crippen LogP contribution in [0.4, 0.5) is 11.4 Å². The molecule has 0 saturated heterocycles. The standard InChI is InChI=1S/C21H22N4O/c22-14-17-7-4-8-18(13-17)25-19-9-10-20(24-15-19)21(26)23-12-11-16-5-2-1-3-6-16/h4-5,7-10,13,15,25H,1-3,6,11-12H2,(H,23,26). The van der Waals surface area contributed by atoms with Crippen molar-refractivity contribution >= 4 is 17.3 Å². The predicted octanol–water partition coefficient (Wildman–Crippen LogP) is 4.32. The number of nitriles is 1. The predicted molar refractivity (Wildman–Crippen MR) is 102 cm³/mol. The zero-order valence-corrected chi connectivity index (χ0v) is 14.7. The molecule has 26 heavy (non-hydrogen) atoms. The Kier molecular flexibility index (Phi) is 6.00. The normalized spacial score (nSPS) is 13.4. The van der Waals surface area contributed by atoms with Gasteiger partial charge < -0.3 is 10.6 Å². The molecular formula is C21H22N4O. The summed E-state index contributed by atoms with van der Waals surface area (Å²) in [6.45, 7) is 0.646. The molecule has 5 heteroatoms. The molecule has 3 rings (SSSR count). The van der Waals surface area contributed by atoms with Crippen molar-refractivity contribution in [1.29, 1.82) is 5.26 Å². The molecule has 5 nitrogen and oxygen atoms in total. The van der Waals surface area contributed by atoms with Crippen LogP contribution >= 0.6 is 0 Å². The molecule has 0 radical (unpaired) electrons. The fraction of sp³-hybridized carbons (Fsp3) is 0.286. The Balaban J connectivity index is 1.52. The number of anilines is 2. The molecule has 1 amide bonds. The van der Waals surface area contributed by atoms with Gasteiger partial charge in [-0.2, -0.15) is 5.26 Å². The Bertz CT molecular complexity index is 834. The molecule has 0 saturated carbocycles. The number of pyridine rings is 1. The minimum absolute atomic E-state index is 0.153. The summed E-state index contributed by atoms with van der Waals surface area (Å²) in [6.07, 6.45) is 9.69. The van der Waals surface area contributed by atoms with Crippen molar-refractivity contribution in [2.75, 3.05) is 11.9 Å². The van der Waals surface area contributed by atoms with Gasteiger partial charge in [-0.15, -0.1) is 0 Å². The first-order valence-electron chi connectivity index (χ1n) is 8.94. The number of carbonyl (C=O) groups is 1. The Morgan fingerprint density at radius 3 is 2.85 bits per heavy atom. The maximum Gasteiger partial charge on any atom is 0.269 e. The first kappa shape index (κ1) is 17.7. The summed E-state index contributed by atoms with van der Waals surface area (Å²) >= 11 is 0. The third-order valence-corrected chi connectivity index (χ3v) is 4.39. The number of allylic oxidation sites excluding steroid dienone is 1. The van der Waals surface area contributed by atoms with E-state index < -0.39 is 0 Å². The van der Waals surface area contributed by atoms with Crippen LogP contribution in [0.3, 0.4) is 0 Å². The molecule has 1 aliphatic carbocycles. The van der Waals surface area contributed by atoms with Crippen LogP contribution in [-0.2, 0) is 0 Å². The Morgan fingerprint density at radius 2 is 2.12 bits per heavy atom. The van der Waals surface area contributed by atoms with Crippen molar-refractivity contribution in [3.63, 3.8) is 0 Å². The van der Waals surface area contributed by atoms with Gasteiger partial charge in [0.15, 0.2) is 0 Å². The van der Waals surface area contributed by atoms with E-state index in [-0.39, 0.29) is 5.91 Å². The average Bonchev–Trinajstić information content (AvgIpc) is 2.69. The molecular weight excluding hydrogens is 324 g/mol. The summed E-state index contributed by atoms with van der Waals surface area (Å²) < 4.78 is 0. The maximum absolute atomic E-state index is 12.2. The lowest BCUT2D eigenvalue weighted by molar-refractivity contribution is 0.0949. The van der Waals surface area contributed by atoms with Crippen LogP contribution < -0.4 is 10.6 Å². The molecule has 0 aliphatic heterocycles. The topological polar surface area (TPSA) is 77.8 Å². The van der Waals surface area contributed by atoms with Crippen LogP contribution in [0.5, 0.6) is 0 Å². The summed E-state index contributed by atoms with van der Waals surface area (Å²) in [7, 11) is 0. The van der Waals surface area contributed by atoms with Gasteiger partial charge in [-0.25, -0.2) is 4.98 Å². The van der Waals surface area contributed by atoms with Gasteiger partial charge in [0.1, 0.15) is 5.69 Å². The highest BCUT2D eigenvalue weighted by atomic mass is 16.1. The van der Waals surface area contributed by atoms with Crippen molar-refractivity contribution in [2.45, 2.75) is 32.1 Å². The summed E-state index contributed by atoms with van der Waals surface area (Å²) in [6, 6.07) is 12.8. The lowest BCUT2D eigenvalue weighted by Gasteiger charge is -2.13. The second-order valence-electron chi connectivity index (χ2n) is 6.36. The number of nitrogens with zero attached hydrogens (tertiary/aromatic N) is 2. The Labute approximate surface area is 153 Å². The fourth-order valence-corrected chi connectivity index (χ4v) is 2.99. The van der Waals surface area contributed by atoms with E-state index in [4.69, 9.17) is 5.26 Å². The quantitative estimate of drug-likeness (QED) is 0.764. The minimum Gasteiger partial charge on any atom is -0.354 e. The highest BCUT2D eigenvalue weighted by Gasteiger charge is 2.08. The molecule has 0 spiro atoms. The number of amides is 1. The molecule has 1 heterocycles. The number of rotatable bonds is 6. The SMILES string of the molecule is N#Cc1cccc(Nc2ccc(C(=O)NCCC3=CCCCC3)nc2)c1. The van der Waals surface area contributed by atoms with E-state index in [0.717, 1.165) is 30.6 Å². The first-order valence-corrected chi connectivity index (χ1v) is 8.94. The monoisotopic (exact) mass is 346 g/mol. The van der Waals surface area contributed by atoms with Gasteiger partial charge >= 0.3 is 0 Å². The van der Waals surface area contributed by atoms with Crippen LogP contribution in [0.25, 0.3) is 0 Å². The van der Waals surface area contributed by atoms with Crippen molar-refractivity contribution in [3.05, 3.63) is 65.5 Å². The van der Waals surface area contributed by atoms with E-state index in [0.29, 0.717) is 17.8 Å². The van der Waals surface area contributed by atoms with Gasteiger partial charge in [-0.3, -0.25) is 4.79 Å². The van der Waals surface area contributed by atoms with Crippen LogP contribution in [0.1, 0.15) is 48.2 Å². The van der Waals surface area contributed by atoms with Crippen molar-refractivity contribution < 1.29 is 4.79 Å². The average molecular weight is 346 g/mol. The molecule has 1 aromatic carbocycles. The molecule has 2 N–H and O–H groups in total. The van der Waals surface area contributed by atoms with Crippen LogP contribution in [0.15, 0.2) is 54.2 Å². The Hall–Kier alpha value is -3.13. The molecule has 1 aliphatic rings. The van der Waals surface area contributed by atoms with Crippen molar-refractivity contribution in [2.24, 2.45) is 0 Å². The van der Waals surface area contributed by atoms with Crippen molar-refractivity contribution in [3.8, 4) is 6.07 Å². The van der Waals surface area contributed by atoms with E-state index in [1.807, 2.05) is 18.2 Å². The van der Waals surface area contributed by atoms with E-state index in [2.05, 4.69) is 27.8 Å². The van der Waals surface area contributed by atoms with Crippen molar-refractivity contribution in [1.82, 2.24) is 10.3 Å². The van der Waals surface area contributed by atoms with Gasteiger partial charge in [-0.05, 0) is 62.4 Å². The minimum atomic E-state index is -0.153.